The number of piperidine rings is 1. The van der Waals surface area contributed by atoms with Gasteiger partial charge in [-0.3, -0.25) is 0 Å². The fourth-order valence-electron chi connectivity index (χ4n) is 2.17. The van der Waals surface area contributed by atoms with Crippen LogP contribution >= 0.6 is 0 Å². The maximum atomic E-state index is 3.46. The average molecular weight is 212 g/mol. The molecule has 1 aliphatic rings. The van der Waals surface area contributed by atoms with E-state index in [2.05, 4.69) is 24.1 Å². The van der Waals surface area contributed by atoms with Gasteiger partial charge < -0.3 is 10.2 Å². The highest BCUT2D eigenvalue weighted by molar-refractivity contribution is 4.69. The molecule has 0 bridgehead atoms. The number of likely N-dealkylation sites (tertiary alicyclic amines) is 1. The second-order valence-corrected chi connectivity index (χ2v) is 4.98. The molecule has 0 aromatic carbocycles. The summed E-state index contributed by atoms with van der Waals surface area (Å²) < 4.78 is 0. The highest BCUT2D eigenvalue weighted by atomic mass is 15.1. The zero-order chi connectivity index (χ0) is 10.9. The molecule has 0 spiro atoms. The minimum Gasteiger partial charge on any atom is -0.317 e. The zero-order valence-corrected chi connectivity index (χ0v) is 10.6. The van der Waals surface area contributed by atoms with Crippen LogP contribution in [0.25, 0.3) is 0 Å². The topological polar surface area (TPSA) is 15.3 Å². The molecule has 90 valence electrons. The van der Waals surface area contributed by atoms with Crippen LogP contribution in [0.15, 0.2) is 0 Å². The number of unbranched alkanes of at least 4 members (excludes halogenated alkanes) is 1. The predicted molar refractivity (Wildman–Crippen MR) is 67.2 cm³/mol. The molecule has 1 heterocycles. The molecule has 1 fully saturated rings. The van der Waals surface area contributed by atoms with Gasteiger partial charge in [0.15, 0.2) is 0 Å². The van der Waals surface area contributed by atoms with Crippen LogP contribution in [0.3, 0.4) is 0 Å². The number of nitrogens with one attached hydrogen (secondary N) is 1. The van der Waals surface area contributed by atoms with E-state index in [9.17, 15) is 0 Å². The first-order chi connectivity index (χ1) is 7.33. The summed E-state index contributed by atoms with van der Waals surface area (Å²) >= 11 is 0. The maximum absolute atomic E-state index is 3.46. The van der Waals surface area contributed by atoms with Crippen molar-refractivity contribution in [3.8, 4) is 0 Å². The van der Waals surface area contributed by atoms with Crippen molar-refractivity contribution in [1.82, 2.24) is 10.2 Å². The van der Waals surface area contributed by atoms with Crippen molar-refractivity contribution in [2.24, 2.45) is 5.92 Å². The van der Waals surface area contributed by atoms with Gasteiger partial charge in [0.1, 0.15) is 0 Å². The Hall–Kier alpha value is -0.0800. The summed E-state index contributed by atoms with van der Waals surface area (Å²) in [6.45, 7) is 11.0. The first kappa shape index (κ1) is 13.0. The van der Waals surface area contributed by atoms with Crippen molar-refractivity contribution in [2.45, 2.75) is 46.0 Å². The average Bonchev–Trinajstić information content (AvgIpc) is 2.26. The standard InChI is InChI=1S/C13H28N2/c1-3-8-14-9-4-5-10-15-11-6-13(2)7-12-15/h13-14H,3-12H2,1-2H3. The van der Waals surface area contributed by atoms with Gasteiger partial charge in [-0.15, -0.1) is 0 Å². The Morgan fingerprint density at radius 2 is 1.87 bits per heavy atom. The molecule has 2 nitrogen and oxygen atoms in total. The predicted octanol–water partition coefficient (Wildman–Crippen LogP) is 2.50. The van der Waals surface area contributed by atoms with Gasteiger partial charge in [-0.05, 0) is 70.7 Å². The highest BCUT2D eigenvalue weighted by Gasteiger charge is 2.14. The second kappa shape index (κ2) is 8.12. The molecule has 1 rings (SSSR count). The Bertz CT molecular complexity index is 139. The summed E-state index contributed by atoms with van der Waals surface area (Å²) in [5.41, 5.74) is 0. The van der Waals surface area contributed by atoms with E-state index in [0.29, 0.717) is 0 Å². The molecule has 1 N–H and O–H groups in total. The van der Waals surface area contributed by atoms with Crippen LogP contribution < -0.4 is 5.32 Å². The molecule has 0 aromatic rings. The quantitative estimate of drug-likeness (QED) is 0.652. The van der Waals surface area contributed by atoms with E-state index in [1.807, 2.05) is 0 Å². The van der Waals surface area contributed by atoms with E-state index in [1.54, 1.807) is 0 Å². The maximum Gasteiger partial charge on any atom is -0.00162 e. The van der Waals surface area contributed by atoms with Gasteiger partial charge >= 0.3 is 0 Å². The summed E-state index contributed by atoms with van der Waals surface area (Å²) in [7, 11) is 0. The van der Waals surface area contributed by atoms with Crippen LogP contribution in [-0.4, -0.2) is 37.6 Å². The van der Waals surface area contributed by atoms with Gasteiger partial charge in [-0.25, -0.2) is 0 Å². The Balaban J connectivity index is 1.87. The highest BCUT2D eigenvalue weighted by Crippen LogP contribution is 2.15. The van der Waals surface area contributed by atoms with E-state index in [4.69, 9.17) is 0 Å². The number of nitrogens with zero attached hydrogens (tertiary/aromatic N) is 1. The van der Waals surface area contributed by atoms with Gasteiger partial charge in [0, 0.05) is 0 Å². The monoisotopic (exact) mass is 212 g/mol. The smallest absolute Gasteiger partial charge is 0.00162 e. The fraction of sp³-hybridized carbons (Fsp3) is 1.00. The molecular weight excluding hydrogens is 184 g/mol. The number of hydrogen-bond donors (Lipinski definition) is 1. The second-order valence-electron chi connectivity index (χ2n) is 4.98. The largest absolute Gasteiger partial charge is 0.317 e. The lowest BCUT2D eigenvalue weighted by molar-refractivity contribution is 0.189. The third-order valence-corrected chi connectivity index (χ3v) is 3.38. The molecule has 0 radical (unpaired) electrons. The summed E-state index contributed by atoms with van der Waals surface area (Å²) in [6.07, 6.45) is 6.78. The summed E-state index contributed by atoms with van der Waals surface area (Å²) in [6, 6.07) is 0. The van der Waals surface area contributed by atoms with Crippen molar-refractivity contribution in [3.05, 3.63) is 0 Å². The molecule has 0 unspecified atom stereocenters. The van der Waals surface area contributed by atoms with E-state index >= 15 is 0 Å². The lowest BCUT2D eigenvalue weighted by Gasteiger charge is -2.30. The van der Waals surface area contributed by atoms with Crippen molar-refractivity contribution >= 4 is 0 Å². The normalized spacial score (nSPS) is 19.6. The van der Waals surface area contributed by atoms with Gasteiger partial charge in [-0.2, -0.15) is 0 Å². The Kier molecular flexibility index (Phi) is 7.03. The van der Waals surface area contributed by atoms with Crippen molar-refractivity contribution in [3.63, 3.8) is 0 Å². The van der Waals surface area contributed by atoms with Gasteiger partial charge in [-0.1, -0.05) is 13.8 Å². The van der Waals surface area contributed by atoms with E-state index in [-0.39, 0.29) is 0 Å². The van der Waals surface area contributed by atoms with E-state index < -0.39 is 0 Å². The number of rotatable bonds is 7. The summed E-state index contributed by atoms with van der Waals surface area (Å²) in [4.78, 5) is 2.64. The molecule has 0 saturated carbocycles. The first-order valence-electron chi connectivity index (χ1n) is 6.76. The van der Waals surface area contributed by atoms with Gasteiger partial charge in [0.2, 0.25) is 0 Å². The minimum atomic E-state index is 0.965. The minimum absolute atomic E-state index is 0.965. The van der Waals surface area contributed by atoms with Crippen LogP contribution in [0.5, 0.6) is 0 Å². The van der Waals surface area contributed by atoms with Crippen LogP contribution in [0.4, 0.5) is 0 Å². The summed E-state index contributed by atoms with van der Waals surface area (Å²) in [5, 5.41) is 3.46. The third kappa shape index (κ3) is 6.16. The van der Waals surface area contributed by atoms with Crippen LogP contribution in [-0.2, 0) is 0 Å². The molecule has 1 aliphatic heterocycles. The molecule has 0 atom stereocenters. The zero-order valence-electron chi connectivity index (χ0n) is 10.6. The van der Waals surface area contributed by atoms with E-state index in [1.165, 1.54) is 64.8 Å². The Labute approximate surface area is 95.4 Å². The molecule has 15 heavy (non-hydrogen) atoms. The molecule has 2 heteroatoms. The van der Waals surface area contributed by atoms with Crippen molar-refractivity contribution in [1.29, 1.82) is 0 Å². The Morgan fingerprint density at radius 3 is 2.53 bits per heavy atom. The Morgan fingerprint density at radius 1 is 1.13 bits per heavy atom. The van der Waals surface area contributed by atoms with Gasteiger partial charge in [0.25, 0.3) is 0 Å². The third-order valence-electron chi connectivity index (χ3n) is 3.38. The molecule has 0 aromatic heterocycles. The van der Waals surface area contributed by atoms with Crippen LogP contribution in [0.1, 0.15) is 46.0 Å². The molecule has 0 amide bonds. The van der Waals surface area contributed by atoms with Crippen molar-refractivity contribution in [2.75, 3.05) is 32.7 Å². The fourth-order valence-corrected chi connectivity index (χ4v) is 2.17. The SMILES string of the molecule is CCCNCCCCN1CCC(C)CC1. The van der Waals surface area contributed by atoms with E-state index in [0.717, 1.165) is 5.92 Å². The first-order valence-corrected chi connectivity index (χ1v) is 6.76. The van der Waals surface area contributed by atoms with Gasteiger partial charge in [0.05, 0.1) is 0 Å². The molecule has 1 saturated heterocycles. The van der Waals surface area contributed by atoms with Crippen LogP contribution in [0.2, 0.25) is 0 Å². The molecular formula is C13H28N2. The van der Waals surface area contributed by atoms with Crippen molar-refractivity contribution < 1.29 is 0 Å². The number of hydrogen-bond acceptors (Lipinski definition) is 2. The lowest BCUT2D eigenvalue weighted by Crippen LogP contribution is -2.33. The van der Waals surface area contributed by atoms with Crippen LogP contribution in [0, 0.1) is 5.92 Å². The molecule has 0 aliphatic carbocycles. The lowest BCUT2D eigenvalue weighted by atomic mass is 9.99. The summed E-state index contributed by atoms with van der Waals surface area (Å²) in [5.74, 6) is 0.965.